The Hall–Kier alpha value is -2.63. The minimum absolute atomic E-state index is 0.666. The number of fused-ring (bicyclic) bond motifs is 3. The van der Waals surface area contributed by atoms with Crippen molar-refractivity contribution in [1.29, 1.82) is 0 Å². The third-order valence-corrected chi connectivity index (χ3v) is 3.95. The first-order valence-corrected chi connectivity index (χ1v) is 6.85. The molecule has 0 aliphatic rings. The summed E-state index contributed by atoms with van der Waals surface area (Å²) in [7, 11) is 0. The van der Waals surface area contributed by atoms with E-state index in [4.69, 9.17) is 4.42 Å². The minimum Gasteiger partial charge on any atom is -0.467 e. The van der Waals surface area contributed by atoms with Crippen LogP contribution in [-0.4, -0.2) is 24.1 Å². The predicted molar refractivity (Wildman–Crippen MR) is 78.3 cm³/mol. The summed E-state index contributed by atoms with van der Waals surface area (Å²) in [6.07, 6.45) is 3.41. The smallest absolute Gasteiger partial charge is 0.168 e. The van der Waals surface area contributed by atoms with Crippen molar-refractivity contribution < 1.29 is 4.42 Å². The van der Waals surface area contributed by atoms with Crippen molar-refractivity contribution in [2.45, 2.75) is 27.3 Å². The molecule has 0 fully saturated rings. The lowest BCUT2D eigenvalue weighted by Gasteiger charge is -2.05. The molecule has 0 N–H and O–H groups in total. The highest BCUT2D eigenvalue weighted by Gasteiger charge is 2.17. The Bertz CT molecular complexity index is 946. The summed E-state index contributed by atoms with van der Waals surface area (Å²) in [5, 5.41) is 5.39. The number of hydrogen-bond acceptors (Lipinski definition) is 4. The second-order valence-electron chi connectivity index (χ2n) is 5.25. The van der Waals surface area contributed by atoms with Crippen LogP contribution in [0.2, 0.25) is 0 Å². The Morgan fingerprint density at radius 3 is 2.81 bits per heavy atom. The quantitative estimate of drug-likeness (QED) is 0.566. The molecule has 106 valence electrons. The van der Waals surface area contributed by atoms with E-state index in [9.17, 15) is 0 Å². The molecule has 4 aromatic rings. The fourth-order valence-electron chi connectivity index (χ4n) is 2.79. The van der Waals surface area contributed by atoms with E-state index in [0.29, 0.717) is 6.54 Å². The van der Waals surface area contributed by atoms with Gasteiger partial charge in [-0.05, 0) is 38.5 Å². The van der Waals surface area contributed by atoms with Crippen molar-refractivity contribution in [3.05, 3.63) is 47.6 Å². The highest BCUT2D eigenvalue weighted by molar-refractivity contribution is 5.93. The lowest BCUT2D eigenvalue weighted by Crippen LogP contribution is -2.02. The van der Waals surface area contributed by atoms with Crippen molar-refractivity contribution >= 4 is 16.7 Å². The van der Waals surface area contributed by atoms with Crippen molar-refractivity contribution in [3.63, 3.8) is 0 Å². The number of nitrogens with zero attached hydrogens (tertiary/aromatic N) is 5. The van der Waals surface area contributed by atoms with Crippen molar-refractivity contribution in [3.8, 4) is 0 Å². The van der Waals surface area contributed by atoms with Gasteiger partial charge in [0.1, 0.15) is 23.6 Å². The molecule has 0 saturated heterocycles. The van der Waals surface area contributed by atoms with E-state index >= 15 is 0 Å². The number of rotatable bonds is 2. The van der Waals surface area contributed by atoms with E-state index in [1.54, 1.807) is 17.1 Å². The zero-order valence-electron chi connectivity index (χ0n) is 12.2. The van der Waals surface area contributed by atoms with Gasteiger partial charge in [0.25, 0.3) is 0 Å². The van der Waals surface area contributed by atoms with Crippen LogP contribution in [0.3, 0.4) is 0 Å². The third kappa shape index (κ3) is 1.68. The Labute approximate surface area is 121 Å². The normalized spacial score (nSPS) is 11.8. The summed E-state index contributed by atoms with van der Waals surface area (Å²) in [5.41, 5.74) is 4.13. The van der Waals surface area contributed by atoms with Crippen LogP contribution in [0.15, 0.2) is 29.1 Å². The van der Waals surface area contributed by atoms with Crippen LogP contribution in [0.5, 0.6) is 0 Å². The summed E-state index contributed by atoms with van der Waals surface area (Å²) in [6.45, 7) is 6.75. The molecule has 0 aliphatic heterocycles. The summed E-state index contributed by atoms with van der Waals surface area (Å²) < 4.78 is 9.36. The van der Waals surface area contributed by atoms with E-state index in [1.165, 1.54) is 11.3 Å². The molecule has 4 heterocycles. The van der Waals surface area contributed by atoms with E-state index in [0.717, 1.165) is 28.3 Å². The van der Waals surface area contributed by atoms with Crippen molar-refractivity contribution in [2.24, 2.45) is 0 Å². The number of aromatic nitrogens is 5. The lowest BCUT2D eigenvalue weighted by molar-refractivity contribution is 0.494. The molecular formula is C15H15N5O. The van der Waals surface area contributed by atoms with Crippen LogP contribution in [0, 0.1) is 20.8 Å². The van der Waals surface area contributed by atoms with Crippen LogP contribution in [0.4, 0.5) is 0 Å². The monoisotopic (exact) mass is 281 g/mol. The number of aryl methyl sites for hydroxylation is 2. The first kappa shape index (κ1) is 12.1. The summed E-state index contributed by atoms with van der Waals surface area (Å²) in [5.74, 6) is 1.66. The summed E-state index contributed by atoms with van der Waals surface area (Å²) in [4.78, 5) is 9.10. The first-order chi connectivity index (χ1) is 10.1. The second kappa shape index (κ2) is 4.18. The molecular weight excluding hydrogens is 266 g/mol. The van der Waals surface area contributed by atoms with E-state index < -0.39 is 0 Å². The predicted octanol–water partition coefficient (Wildman–Crippen LogP) is 2.65. The largest absolute Gasteiger partial charge is 0.467 e. The molecule has 0 bridgehead atoms. The molecule has 0 atom stereocenters. The Morgan fingerprint density at radius 2 is 2.05 bits per heavy atom. The molecule has 0 spiro atoms. The van der Waals surface area contributed by atoms with Crippen molar-refractivity contribution in [2.75, 3.05) is 0 Å². The van der Waals surface area contributed by atoms with Crippen LogP contribution in [0.1, 0.15) is 22.8 Å². The highest BCUT2D eigenvalue weighted by atomic mass is 16.3. The first-order valence-electron chi connectivity index (χ1n) is 6.85. The van der Waals surface area contributed by atoms with Gasteiger partial charge >= 0.3 is 0 Å². The Kier molecular flexibility index (Phi) is 2.42. The van der Waals surface area contributed by atoms with Gasteiger partial charge in [-0.15, -0.1) is 0 Å². The van der Waals surface area contributed by atoms with Crippen LogP contribution in [-0.2, 0) is 6.54 Å². The molecule has 6 nitrogen and oxygen atoms in total. The summed E-state index contributed by atoms with van der Waals surface area (Å²) in [6, 6.07) is 3.87. The molecule has 0 aliphatic carbocycles. The number of hydrogen-bond donors (Lipinski definition) is 0. The molecule has 4 aromatic heterocycles. The van der Waals surface area contributed by atoms with E-state index in [2.05, 4.69) is 33.5 Å². The zero-order valence-corrected chi connectivity index (χ0v) is 12.2. The highest BCUT2D eigenvalue weighted by Crippen LogP contribution is 2.27. The third-order valence-electron chi connectivity index (χ3n) is 3.95. The summed E-state index contributed by atoms with van der Waals surface area (Å²) >= 11 is 0. The minimum atomic E-state index is 0.666. The molecule has 0 radical (unpaired) electrons. The maximum atomic E-state index is 5.46. The van der Waals surface area contributed by atoms with Crippen LogP contribution >= 0.6 is 0 Å². The van der Waals surface area contributed by atoms with Gasteiger partial charge in [-0.2, -0.15) is 5.10 Å². The Balaban J connectivity index is 2.03. The topological polar surface area (TPSA) is 61.2 Å². The van der Waals surface area contributed by atoms with Crippen LogP contribution < -0.4 is 0 Å². The average Bonchev–Trinajstić information content (AvgIpc) is 3.14. The van der Waals surface area contributed by atoms with Gasteiger partial charge in [-0.3, -0.25) is 0 Å². The zero-order chi connectivity index (χ0) is 14.6. The second-order valence-corrected chi connectivity index (χ2v) is 5.25. The standard InChI is InChI=1S/C15H15N5O/c1-9-10(2)19(7-12-5-4-6-21-12)14-13(9)15-17-11(3)18-20(15)8-16-14/h4-6,8H,7H2,1-3H3. The van der Waals surface area contributed by atoms with Gasteiger partial charge in [-0.1, -0.05) is 0 Å². The van der Waals surface area contributed by atoms with Gasteiger partial charge in [-0.25, -0.2) is 14.5 Å². The molecule has 0 amide bonds. The van der Waals surface area contributed by atoms with Gasteiger partial charge < -0.3 is 8.98 Å². The van der Waals surface area contributed by atoms with Gasteiger partial charge in [0.05, 0.1) is 18.2 Å². The van der Waals surface area contributed by atoms with Crippen LogP contribution in [0.25, 0.3) is 16.7 Å². The molecule has 4 rings (SSSR count). The number of furan rings is 1. The lowest BCUT2D eigenvalue weighted by atomic mass is 10.2. The molecule has 21 heavy (non-hydrogen) atoms. The molecule has 0 aromatic carbocycles. The van der Waals surface area contributed by atoms with E-state index in [1.807, 2.05) is 19.1 Å². The van der Waals surface area contributed by atoms with Gasteiger partial charge in [0.2, 0.25) is 0 Å². The fraction of sp³-hybridized carbons (Fsp3) is 0.267. The molecule has 0 unspecified atom stereocenters. The van der Waals surface area contributed by atoms with Gasteiger partial charge in [0, 0.05) is 5.69 Å². The fourth-order valence-corrected chi connectivity index (χ4v) is 2.79. The average molecular weight is 281 g/mol. The Morgan fingerprint density at radius 1 is 1.19 bits per heavy atom. The molecule has 0 saturated carbocycles. The van der Waals surface area contributed by atoms with E-state index in [-0.39, 0.29) is 0 Å². The maximum absolute atomic E-state index is 5.46. The SMILES string of the molecule is Cc1nc2c3c(C)c(C)n(Cc4ccco4)c3ncn2n1. The van der Waals surface area contributed by atoms with Gasteiger partial charge in [0.15, 0.2) is 5.65 Å². The maximum Gasteiger partial charge on any atom is 0.168 e. The molecule has 6 heteroatoms. The van der Waals surface area contributed by atoms with Crippen molar-refractivity contribution in [1.82, 2.24) is 24.1 Å².